The van der Waals surface area contributed by atoms with Gasteiger partial charge in [0, 0.05) is 6.54 Å². The number of imidazole rings is 1. The number of fused-ring (bicyclic) bond motifs is 1. The molecule has 12 heteroatoms. The molecule has 3 heterocycles. The van der Waals surface area contributed by atoms with Crippen LogP contribution in [-0.4, -0.2) is 58.0 Å². The molecule has 0 bridgehead atoms. The highest BCUT2D eigenvalue weighted by atomic mass is 31.2. The van der Waals surface area contributed by atoms with Crippen LogP contribution in [0.5, 0.6) is 0 Å². The molecule has 4 atom stereocenters. The van der Waals surface area contributed by atoms with E-state index in [0.29, 0.717) is 36.6 Å². The van der Waals surface area contributed by atoms with E-state index in [1.54, 1.807) is 10.9 Å². The quantitative estimate of drug-likeness (QED) is 0.381. The van der Waals surface area contributed by atoms with Gasteiger partial charge in [-0.25, -0.2) is 20.0 Å². The first-order valence-electron chi connectivity index (χ1n) is 8.07. The molecule has 0 saturated carbocycles. The smallest absolute Gasteiger partial charge is 0.293 e. The molecule has 0 spiro atoms. The summed E-state index contributed by atoms with van der Waals surface area (Å²) >= 11 is 0. The van der Waals surface area contributed by atoms with Crippen LogP contribution >= 0.6 is 8.53 Å². The van der Waals surface area contributed by atoms with Crippen LogP contribution < -0.4 is 10.8 Å². The molecule has 0 radical (unpaired) electrons. The Kier molecular flexibility index (Phi) is 6.28. The number of anilines is 1. The molecule has 3 rings (SSSR count). The molecule has 3 unspecified atom stereocenters. The van der Waals surface area contributed by atoms with Gasteiger partial charge in [-0.1, -0.05) is 0 Å². The van der Waals surface area contributed by atoms with Gasteiger partial charge in [-0.3, -0.25) is 9.36 Å². The molecular weight excluding hydrogens is 363 g/mol. The van der Waals surface area contributed by atoms with Crippen LogP contribution in [0.15, 0.2) is 12.7 Å². The van der Waals surface area contributed by atoms with Crippen molar-refractivity contribution in [2.75, 3.05) is 25.5 Å². The van der Waals surface area contributed by atoms with E-state index >= 15 is 0 Å². The van der Waals surface area contributed by atoms with Crippen molar-refractivity contribution in [3.05, 3.63) is 12.7 Å². The van der Waals surface area contributed by atoms with Crippen molar-refractivity contribution in [2.45, 2.75) is 32.3 Å². The second-order valence-corrected chi connectivity index (χ2v) is 6.89. The second kappa shape index (κ2) is 8.65. The average Bonchev–Trinajstić information content (AvgIpc) is 3.06. The fourth-order valence-electron chi connectivity index (χ4n) is 2.46. The monoisotopic (exact) mass is 384 g/mol. The lowest BCUT2D eigenvalue weighted by atomic mass is 10.2. The minimum absolute atomic E-state index is 0.175. The third kappa shape index (κ3) is 4.25. The lowest BCUT2D eigenvalue weighted by Crippen LogP contribution is -2.39. The fourth-order valence-corrected chi connectivity index (χ4v) is 3.68. The number of rotatable bonds is 8. The summed E-state index contributed by atoms with van der Waals surface area (Å²) < 4.78 is 23.9. The molecule has 11 nitrogen and oxygen atoms in total. The minimum atomic E-state index is -1.24. The Hall–Kier alpha value is -1.91. The van der Waals surface area contributed by atoms with E-state index in [2.05, 4.69) is 24.8 Å². The van der Waals surface area contributed by atoms with Crippen molar-refractivity contribution < 1.29 is 23.3 Å². The minimum Gasteiger partial charge on any atom is -0.467 e. The van der Waals surface area contributed by atoms with E-state index in [4.69, 9.17) is 19.5 Å². The lowest BCUT2D eigenvalue weighted by Gasteiger charge is -2.35. The molecule has 1 saturated heterocycles. The molecule has 1 fully saturated rings. The molecular formula is C14H21N6O5P. The zero-order chi connectivity index (χ0) is 18.5. The summed E-state index contributed by atoms with van der Waals surface area (Å²) in [5.41, 5.74) is 6.95. The maximum absolute atomic E-state index is 10.1. The van der Waals surface area contributed by atoms with Gasteiger partial charge in [0.2, 0.25) is 0 Å². The summed E-state index contributed by atoms with van der Waals surface area (Å²) in [6.07, 6.45) is 2.24. The Balaban J connectivity index is 1.55. The summed E-state index contributed by atoms with van der Waals surface area (Å²) in [4.78, 5) is 22.5. The first-order valence-corrected chi connectivity index (χ1v) is 9.25. The molecule has 2 aromatic heterocycles. The highest BCUT2D eigenvalue weighted by Crippen LogP contribution is 2.41. The Bertz CT molecular complexity index is 746. The van der Waals surface area contributed by atoms with Gasteiger partial charge in [0.1, 0.15) is 30.8 Å². The average molecular weight is 384 g/mol. The van der Waals surface area contributed by atoms with Crippen LogP contribution in [0.3, 0.4) is 0 Å². The SMILES string of the molecule is CC(OC1COP(NCCOC=O)O[C@H]1C)n1cnc2c(N)ncnc21. The maximum Gasteiger partial charge on any atom is 0.293 e. The second-order valence-electron chi connectivity index (χ2n) is 5.60. The molecule has 1 aliphatic heterocycles. The van der Waals surface area contributed by atoms with Crippen LogP contribution in [0, 0.1) is 0 Å². The topological polar surface area (TPSA) is 136 Å². The van der Waals surface area contributed by atoms with E-state index in [0.717, 1.165) is 0 Å². The van der Waals surface area contributed by atoms with Crippen molar-refractivity contribution in [3.8, 4) is 0 Å². The van der Waals surface area contributed by atoms with E-state index in [9.17, 15) is 4.79 Å². The number of hydrogen-bond donors (Lipinski definition) is 2. The fraction of sp³-hybridized carbons (Fsp3) is 0.571. The van der Waals surface area contributed by atoms with Gasteiger partial charge >= 0.3 is 0 Å². The Labute approximate surface area is 151 Å². The van der Waals surface area contributed by atoms with Crippen LogP contribution in [0.2, 0.25) is 0 Å². The van der Waals surface area contributed by atoms with E-state index < -0.39 is 8.53 Å². The zero-order valence-electron chi connectivity index (χ0n) is 14.4. The normalized spacial score (nSPS) is 24.5. The molecule has 0 amide bonds. The molecule has 0 aliphatic carbocycles. The third-order valence-corrected chi connectivity index (χ3v) is 5.21. The predicted octanol–water partition coefficient (Wildman–Crippen LogP) is 0.737. The molecule has 2 aromatic rings. The van der Waals surface area contributed by atoms with E-state index in [1.807, 2.05) is 13.8 Å². The van der Waals surface area contributed by atoms with Gasteiger partial charge in [-0.05, 0) is 13.8 Å². The zero-order valence-corrected chi connectivity index (χ0v) is 15.3. The van der Waals surface area contributed by atoms with Gasteiger partial charge < -0.3 is 24.3 Å². The number of ether oxygens (including phenoxy) is 2. The summed E-state index contributed by atoms with van der Waals surface area (Å²) in [6.45, 7) is 5.32. The Morgan fingerprint density at radius 2 is 2.38 bits per heavy atom. The summed E-state index contributed by atoms with van der Waals surface area (Å²) in [5.74, 6) is 0.328. The standard InChI is InChI=1S/C14H21N6O5P/c1-9-11(5-23-26(25-9)19-3-4-22-8-21)24-10(2)20-7-18-12-13(15)16-6-17-14(12)20/h6-11,19H,3-5H2,1-2H3,(H2,15,16,17)/t9-,10?,11?,26?/m0/s1. The van der Waals surface area contributed by atoms with Gasteiger partial charge in [-0.15, -0.1) is 0 Å². The maximum atomic E-state index is 10.1. The molecule has 142 valence electrons. The van der Waals surface area contributed by atoms with Crippen LogP contribution in [0.4, 0.5) is 5.82 Å². The number of nitrogens with two attached hydrogens (primary N) is 1. The van der Waals surface area contributed by atoms with Crippen molar-refractivity contribution in [1.29, 1.82) is 0 Å². The largest absolute Gasteiger partial charge is 0.467 e. The van der Waals surface area contributed by atoms with Crippen molar-refractivity contribution in [1.82, 2.24) is 24.6 Å². The molecule has 1 aliphatic rings. The number of hydrogen-bond acceptors (Lipinski definition) is 10. The van der Waals surface area contributed by atoms with Crippen LogP contribution in [-0.2, 0) is 23.3 Å². The highest BCUT2D eigenvalue weighted by molar-refractivity contribution is 7.45. The Morgan fingerprint density at radius 3 is 3.15 bits per heavy atom. The first-order chi connectivity index (χ1) is 12.6. The lowest BCUT2D eigenvalue weighted by molar-refractivity contribution is -0.128. The number of nitrogen functional groups attached to an aromatic ring is 1. The molecule has 3 N–H and O–H groups in total. The number of aromatic nitrogens is 4. The van der Waals surface area contributed by atoms with Crippen molar-refractivity contribution in [2.24, 2.45) is 0 Å². The van der Waals surface area contributed by atoms with E-state index in [-0.39, 0.29) is 25.0 Å². The highest BCUT2D eigenvalue weighted by Gasteiger charge is 2.32. The van der Waals surface area contributed by atoms with Gasteiger partial charge in [0.15, 0.2) is 11.5 Å². The third-order valence-electron chi connectivity index (χ3n) is 3.82. The first kappa shape index (κ1) is 18.9. The van der Waals surface area contributed by atoms with Gasteiger partial charge in [-0.2, -0.15) is 0 Å². The van der Waals surface area contributed by atoms with Crippen molar-refractivity contribution in [3.63, 3.8) is 0 Å². The summed E-state index contributed by atoms with van der Waals surface area (Å²) in [7, 11) is -1.24. The summed E-state index contributed by atoms with van der Waals surface area (Å²) in [6, 6.07) is 0. The number of nitrogens with zero attached hydrogens (tertiary/aromatic N) is 4. The van der Waals surface area contributed by atoms with Gasteiger partial charge in [0.25, 0.3) is 15.0 Å². The predicted molar refractivity (Wildman–Crippen MR) is 92.8 cm³/mol. The van der Waals surface area contributed by atoms with Crippen LogP contribution in [0.1, 0.15) is 20.1 Å². The van der Waals surface area contributed by atoms with Crippen LogP contribution in [0.25, 0.3) is 11.2 Å². The van der Waals surface area contributed by atoms with E-state index in [1.165, 1.54) is 6.33 Å². The number of carbonyl (C=O) groups excluding carboxylic acids is 1. The molecule has 0 aromatic carbocycles. The number of carbonyl (C=O) groups is 1. The number of nitrogens with one attached hydrogen (secondary N) is 1. The Morgan fingerprint density at radius 1 is 1.54 bits per heavy atom. The summed E-state index contributed by atoms with van der Waals surface area (Å²) in [5, 5.41) is 3.05. The van der Waals surface area contributed by atoms with Gasteiger partial charge in [0.05, 0.1) is 19.0 Å². The molecule has 26 heavy (non-hydrogen) atoms. The van der Waals surface area contributed by atoms with Crippen molar-refractivity contribution >= 4 is 32.0 Å².